The highest BCUT2D eigenvalue weighted by Gasteiger charge is 2.31. The van der Waals surface area contributed by atoms with Crippen molar-refractivity contribution < 1.29 is 27.5 Å². The lowest BCUT2D eigenvalue weighted by Gasteiger charge is -2.19. The molecule has 0 radical (unpaired) electrons. The number of thiazole rings is 1. The maximum absolute atomic E-state index is 13.1. The monoisotopic (exact) mass is 475 g/mol. The molecule has 0 atom stereocenters. The van der Waals surface area contributed by atoms with Gasteiger partial charge >= 0.3 is 6.18 Å². The molecule has 6 nitrogen and oxygen atoms in total. The first-order chi connectivity index (χ1) is 15.7. The fraction of sp³-hybridized carbons (Fsp3) is 0.174. The molecule has 1 heterocycles. The lowest BCUT2D eigenvalue weighted by Crippen LogP contribution is -2.23. The molecule has 0 aliphatic rings. The van der Waals surface area contributed by atoms with Crippen LogP contribution in [-0.4, -0.2) is 23.9 Å². The SMILES string of the molecule is COc1ccc(CNC(=O)/C=C/c2csc(N(C(C)=O)c3cccc(C(F)(F)F)c3)n2)cc1. The van der Waals surface area contributed by atoms with Gasteiger partial charge in [0, 0.05) is 24.9 Å². The second-order valence-corrected chi connectivity index (χ2v) is 7.69. The fourth-order valence-corrected chi connectivity index (χ4v) is 3.71. The summed E-state index contributed by atoms with van der Waals surface area (Å²) in [7, 11) is 1.57. The highest BCUT2D eigenvalue weighted by Crippen LogP contribution is 2.35. The van der Waals surface area contributed by atoms with Crippen LogP contribution in [0.4, 0.5) is 24.0 Å². The first-order valence-corrected chi connectivity index (χ1v) is 10.6. The Morgan fingerprint density at radius 2 is 1.91 bits per heavy atom. The normalized spacial score (nSPS) is 11.4. The van der Waals surface area contributed by atoms with Gasteiger partial charge in [-0.05, 0) is 42.0 Å². The Kier molecular flexibility index (Phi) is 7.49. The Labute approximate surface area is 192 Å². The summed E-state index contributed by atoms with van der Waals surface area (Å²) >= 11 is 1.08. The minimum atomic E-state index is -4.53. The number of nitrogens with one attached hydrogen (secondary N) is 1. The van der Waals surface area contributed by atoms with E-state index in [4.69, 9.17) is 4.74 Å². The molecule has 0 unspecified atom stereocenters. The molecule has 0 saturated heterocycles. The second kappa shape index (κ2) is 10.3. The maximum atomic E-state index is 13.1. The summed E-state index contributed by atoms with van der Waals surface area (Å²) in [5, 5.41) is 4.54. The van der Waals surface area contributed by atoms with E-state index in [9.17, 15) is 22.8 Å². The van der Waals surface area contributed by atoms with Gasteiger partial charge in [0.05, 0.1) is 24.1 Å². The van der Waals surface area contributed by atoms with Gasteiger partial charge in [-0.25, -0.2) is 4.98 Å². The molecule has 2 amide bonds. The Balaban J connectivity index is 1.68. The van der Waals surface area contributed by atoms with Crippen molar-refractivity contribution in [3.63, 3.8) is 0 Å². The van der Waals surface area contributed by atoms with Gasteiger partial charge in [0.15, 0.2) is 5.13 Å². The molecule has 1 N–H and O–H groups in total. The van der Waals surface area contributed by atoms with E-state index in [1.165, 1.54) is 31.2 Å². The van der Waals surface area contributed by atoms with Crippen molar-refractivity contribution in [2.24, 2.45) is 0 Å². The highest BCUT2D eigenvalue weighted by molar-refractivity contribution is 7.14. The Morgan fingerprint density at radius 3 is 2.55 bits per heavy atom. The molecule has 0 spiro atoms. The number of hydrogen-bond acceptors (Lipinski definition) is 5. The number of alkyl halides is 3. The van der Waals surface area contributed by atoms with Crippen LogP contribution in [0.25, 0.3) is 6.08 Å². The molecule has 1 aromatic heterocycles. The van der Waals surface area contributed by atoms with Crippen molar-refractivity contribution in [1.82, 2.24) is 10.3 Å². The van der Waals surface area contributed by atoms with Gasteiger partial charge in [-0.3, -0.25) is 14.5 Å². The first kappa shape index (κ1) is 24.0. The average molecular weight is 475 g/mol. The third-order valence-corrected chi connectivity index (χ3v) is 5.32. The van der Waals surface area contributed by atoms with Gasteiger partial charge in [-0.1, -0.05) is 18.2 Å². The zero-order valence-corrected chi connectivity index (χ0v) is 18.5. The quantitative estimate of drug-likeness (QED) is 0.478. The number of anilines is 2. The topological polar surface area (TPSA) is 71.5 Å². The summed E-state index contributed by atoms with van der Waals surface area (Å²) in [6.07, 6.45) is -1.77. The lowest BCUT2D eigenvalue weighted by atomic mass is 10.2. The Bertz CT molecular complexity index is 1160. The number of carbonyl (C=O) groups excluding carboxylic acids is 2. The molecule has 3 aromatic rings. The zero-order valence-electron chi connectivity index (χ0n) is 17.7. The minimum Gasteiger partial charge on any atom is -0.497 e. The van der Waals surface area contributed by atoms with E-state index in [-0.39, 0.29) is 16.7 Å². The largest absolute Gasteiger partial charge is 0.497 e. The molecule has 0 aliphatic carbocycles. The van der Waals surface area contributed by atoms with Crippen LogP contribution in [0.1, 0.15) is 23.7 Å². The third-order valence-electron chi connectivity index (χ3n) is 4.48. The summed E-state index contributed by atoms with van der Waals surface area (Å²) in [4.78, 5) is 29.6. The van der Waals surface area contributed by atoms with E-state index < -0.39 is 17.6 Å². The molecule has 2 aromatic carbocycles. The number of aromatic nitrogens is 1. The maximum Gasteiger partial charge on any atom is 0.416 e. The average Bonchev–Trinajstić information content (AvgIpc) is 3.24. The van der Waals surface area contributed by atoms with Crippen molar-refractivity contribution in [2.75, 3.05) is 12.0 Å². The Morgan fingerprint density at radius 1 is 1.18 bits per heavy atom. The summed E-state index contributed by atoms with van der Waals surface area (Å²) in [5.74, 6) is -0.118. The van der Waals surface area contributed by atoms with Gasteiger partial charge in [0.1, 0.15) is 5.75 Å². The molecule has 3 rings (SSSR count). The molecule has 0 aliphatic heterocycles. The van der Waals surface area contributed by atoms with Gasteiger partial charge in [0.2, 0.25) is 11.8 Å². The lowest BCUT2D eigenvalue weighted by molar-refractivity contribution is -0.137. The summed E-state index contributed by atoms with van der Waals surface area (Å²) in [5.41, 5.74) is 0.482. The predicted molar refractivity (Wildman–Crippen MR) is 120 cm³/mol. The minimum absolute atomic E-state index is 0.0550. The highest BCUT2D eigenvalue weighted by atomic mass is 32.1. The first-order valence-electron chi connectivity index (χ1n) is 9.69. The number of halogens is 3. The number of rotatable bonds is 7. The second-order valence-electron chi connectivity index (χ2n) is 6.86. The summed E-state index contributed by atoms with van der Waals surface area (Å²) in [6.45, 7) is 1.56. The molecular weight excluding hydrogens is 455 g/mol. The molecule has 0 bridgehead atoms. The van der Waals surface area contributed by atoms with E-state index in [0.29, 0.717) is 18.0 Å². The van der Waals surface area contributed by atoms with Crippen LogP contribution in [-0.2, 0) is 22.3 Å². The van der Waals surface area contributed by atoms with Crippen LogP contribution < -0.4 is 15.0 Å². The van der Waals surface area contributed by atoms with Crippen LogP contribution in [0.3, 0.4) is 0 Å². The van der Waals surface area contributed by atoms with Crippen molar-refractivity contribution in [3.8, 4) is 5.75 Å². The molecule has 10 heteroatoms. The number of hydrogen-bond donors (Lipinski definition) is 1. The van der Waals surface area contributed by atoms with Crippen LogP contribution in [0.2, 0.25) is 0 Å². The molecule has 172 valence electrons. The van der Waals surface area contributed by atoms with Crippen LogP contribution in [0, 0.1) is 0 Å². The van der Waals surface area contributed by atoms with Crippen LogP contribution in [0.15, 0.2) is 60.0 Å². The van der Waals surface area contributed by atoms with E-state index in [1.54, 1.807) is 24.6 Å². The van der Waals surface area contributed by atoms with Gasteiger partial charge < -0.3 is 10.1 Å². The van der Waals surface area contributed by atoms with Crippen molar-refractivity contribution >= 4 is 40.0 Å². The Hall–Kier alpha value is -3.66. The van der Waals surface area contributed by atoms with Crippen molar-refractivity contribution in [2.45, 2.75) is 19.6 Å². The number of amides is 2. The number of carbonyl (C=O) groups is 2. The molecule has 0 saturated carbocycles. The van der Waals surface area contributed by atoms with Crippen LogP contribution >= 0.6 is 11.3 Å². The smallest absolute Gasteiger partial charge is 0.416 e. The summed E-state index contributed by atoms with van der Waals surface area (Å²) in [6, 6.07) is 11.7. The number of nitrogens with zero attached hydrogens (tertiary/aromatic N) is 2. The standard InChI is InChI=1S/C23H20F3N3O3S/c1-15(30)29(19-5-3-4-17(12-19)23(24,25)26)22-28-18(14-33-22)8-11-21(31)27-13-16-6-9-20(32-2)10-7-16/h3-12,14H,13H2,1-2H3,(H,27,31)/b11-8+. The fourth-order valence-electron chi connectivity index (χ4n) is 2.86. The number of benzene rings is 2. The zero-order chi connectivity index (χ0) is 24.0. The van der Waals surface area contributed by atoms with Crippen molar-refractivity contribution in [3.05, 3.63) is 76.8 Å². The predicted octanol–water partition coefficient (Wildman–Crippen LogP) is 5.18. The molecule has 33 heavy (non-hydrogen) atoms. The van der Waals surface area contributed by atoms with Gasteiger partial charge in [-0.2, -0.15) is 13.2 Å². The van der Waals surface area contributed by atoms with Gasteiger partial charge in [0.25, 0.3) is 0 Å². The third kappa shape index (κ3) is 6.42. The van der Waals surface area contributed by atoms with E-state index in [1.807, 2.05) is 12.1 Å². The van der Waals surface area contributed by atoms with Crippen molar-refractivity contribution in [1.29, 1.82) is 0 Å². The van der Waals surface area contributed by atoms with Crippen LogP contribution in [0.5, 0.6) is 5.75 Å². The number of methoxy groups -OCH3 is 1. The van der Waals surface area contributed by atoms with E-state index >= 15 is 0 Å². The number of ether oxygens (including phenoxy) is 1. The molecule has 0 fully saturated rings. The van der Waals surface area contributed by atoms with E-state index in [0.717, 1.165) is 33.9 Å². The van der Waals surface area contributed by atoms with Gasteiger partial charge in [-0.15, -0.1) is 11.3 Å². The summed E-state index contributed by atoms with van der Waals surface area (Å²) < 4.78 is 44.2. The van der Waals surface area contributed by atoms with E-state index in [2.05, 4.69) is 10.3 Å². The molecular formula is C23H20F3N3O3S.